The molecule has 11 nitrogen and oxygen atoms in total. The SMILES string of the molecule is CC(C)C[C@@H](C(=O)N(C)[C@@H](CC(C)C)C(=O)N(C)[C@H](C(=O)OCc1ccccc1)C(C)C)N(C)C(=O)[C@@H](C)NC(=O)OC(C)(C)C. The van der Waals surface area contributed by atoms with Crippen LogP contribution in [0.3, 0.4) is 0 Å². The Labute approximate surface area is 276 Å². The molecular formula is C35H58N4O7. The second-order valence-corrected chi connectivity index (χ2v) is 14.3. The summed E-state index contributed by atoms with van der Waals surface area (Å²) in [6, 6.07) is 5.69. The van der Waals surface area contributed by atoms with E-state index in [-0.39, 0.29) is 24.4 Å². The van der Waals surface area contributed by atoms with Crippen molar-refractivity contribution in [3.05, 3.63) is 35.9 Å². The van der Waals surface area contributed by atoms with Gasteiger partial charge in [-0.15, -0.1) is 0 Å². The Balaban J connectivity index is 3.27. The van der Waals surface area contributed by atoms with Crippen LogP contribution in [0.2, 0.25) is 0 Å². The fourth-order valence-electron chi connectivity index (χ4n) is 5.20. The van der Waals surface area contributed by atoms with Gasteiger partial charge < -0.3 is 29.5 Å². The first-order valence-electron chi connectivity index (χ1n) is 16.2. The first-order chi connectivity index (χ1) is 21.2. The van der Waals surface area contributed by atoms with Crippen molar-refractivity contribution in [2.75, 3.05) is 21.1 Å². The molecule has 1 aromatic carbocycles. The summed E-state index contributed by atoms with van der Waals surface area (Å²) in [6.45, 7) is 18.3. The van der Waals surface area contributed by atoms with Gasteiger partial charge in [-0.05, 0) is 63.9 Å². The number of carbonyl (C=O) groups is 5. The fourth-order valence-corrected chi connectivity index (χ4v) is 5.20. The molecule has 0 aliphatic heterocycles. The van der Waals surface area contributed by atoms with Crippen LogP contribution in [0.1, 0.15) is 87.6 Å². The molecule has 0 bridgehead atoms. The Kier molecular flexibility index (Phi) is 15.7. The highest BCUT2D eigenvalue weighted by Gasteiger charge is 2.40. The minimum atomic E-state index is -0.958. The van der Waals surface area contributed by atoms with Crippen LogP contribution in [0.4, 0.5) is 4.79 Å². The van der Waals surface area contributed by atoms with Crippen LogP contribution in [0.15, 0.2) is 30.3 Å². The predicted molar refractivity (Wildman–Crippen MR) is 178 cm³/mol. The van der Waals surface area contributed by atoms with E-state index in [4.69, 9.17) is 9.47 Å². The first kappa shape index (κ1) is 40.4. The average Bonchev–Trinajstić information content (AvgIpc) is 2.94. The minimum absolute atomic E-state index is 0.0401. The standard InChI is InChI=1S/C35H58N4O7/c1-22(2)19-27(37(11)30(40)25(7)36-34(44)46-35(8,9)10)31(41)38(12)28(20-23(3)4)32(42)39(13)29(24(5)6)33(43)45-21-26-17-15-14-16-18-26/h14-18,22-25,27-29H,19-21H2,1-13H3,(H,36,44)/t25-,27+,28+,29+/m1/s1. The van der Waals surface area contributed by atoms with Gasteiger partial charge in [0, 0.05) is 21.1 Å². The summed E-state index contributed by atoms with van der Waals surface area (Å²) in [5, 5.41) is 2.55. The summed E-state index contributed by atoms with van der Waals surface area (Å²) in [5.41, 5.74) is 0.0940. The molecule has 0 saturated heterocycles. The lowest BCUT2D eigenvalue weighted by Gasteiger charge is -2.39. The molecule has 0 aliphatic carbocycles. The van der Waals surface area contributed by atoms with Gasteiger partial charge in [0.05, 0.1) is 0 Å². The Morgan fingerprint density at radius 1 is 0.717 bits per heavy atom. The zero-order valence-electron chi connectivity index (χ0n) is 30.2. The third kappa shape index (κ3) is 12.6. The number of hydrogen-bond acceptors (Lipinski definition) is 7. The number of benzene rings is 1. The predicted octanol–water partition coefficient (Wildman–Crippen LogP) is 4.87. The lowest BCUT2D eigenvalue weighted by Crippen LogP contribution is -2.59. The highest BCUT2D eigenvalue weighted by atomic mass is 16.6. The normalized spacial score (nSPS) is 14.3. The van der Waals surface area contributed by atoms with Gasteiger partial charge >= 0.3 is 12.1 Å². The van der Waals surface area contributed by atoms with E-state index < -0.39 is 59.6 Å². The molecule has 0 spiro atoms. The number of hydrogen-bond donors (Lipinski definition) is 1. The summed E-state index contributed by atoms with van der Waals surface area (Å²) >= 11 is 0. The molecule has 0 radical (unpaired) electrons. The summed E-state index contributed by atoms with van der Waals surface area (Å²) in [4.78, 5) is 71.5. The van der Waals surface area contributed by atoms with E-state index >= 15 is 0 Å². The molecule has 0 saturated carbocycles. The quantitative estimate of drug-likeness (QED) is 0.270. The van der Waals surface area contributed by atoms with Crippen LogP contribution in [0, 0.1) is 17.8 Å². The Bertz CT molecular complexity index is 1160. The molecule has 11 heteroatoms. The van der Waals surface area contributed by atoms with Crippen molar-refractivity contribution in [2.24, 2.45) is 17.8 Å². The van der Waals surface area contributed by atoms with Crippen molar-refractivity contribution < 1.29 is 33.4 Å². The number of carbonyl (C=O) groups excluding carboxylic acids is 5. The van der Waals surface area contributed by atoms with Crippen LogP contribution in [0.25, 0.3) is 0 Å². The molecule has 1 rings (SSSR count). The smallest absolute Gasteiger partial charge is 0.408 e. The van der Waals surface area contributed by atoms with Gasteiger partial charge in [0.2, 0.25) is 17.7 Å². The van der Waals surface area contributed by atoms with Gasteiger partial charge in [-0.1, -0.05) is 71.9 Å². The van der Waals surface area contributed by atoms with Gasteiger partial charge in [0.25, 0.3) is 0 Å². The molecule has 0 aromatic heterocycles. The van der Waals surface area contributed by atoms with E-state index in [1.54, 1.807) is 34.9 Å². The zero-order chi connectivity index (χ0) is 35.5. The Hall–Kier alpha value is -3.63. The van der Waals surface area contributed by atoms with Gasteiger partial charge in [-0.25, -0.2) is 9.59 Å². The van der Waals surface area contributed by atoms with E-state index in [0.29, 0.717) is 12.8 Å². The second kappa shape index (κ2) is 17.9. The van der Waals surface area contributed by atoms with Gasteiger partial charge in [0.15, 0.2) is 0 Å². The highest BCUT2D eigenvalue weighted by Crippen LogP contribution is 2.22. The largest absolute Gasteiger partial charge is 0.459 e. The van der Waals surface area contributed by atoms with Crippen molar-refractivity contribution in [3.63, 3.8) is 0 Å². The molecule has 0 unspecified atom stereocenters. The van der Waals surface area contributed by atoms with Crippen molar-refractivity contribution in [2.45, 2.75) is 118 Å². The fraction of sp³-hybridized carbons (Fsp3) is 0.686. The Morgan fingerprint density at radius 2 is 1.17 bits per heavy atom. The third-order valence-corrected chi connectivity index (χ3v) is 7.56. The first-order valence-corrected chi connectivity index (χ1v) is 16.2. The van der Waals surface area contributed by atoms with E-state index in [2.05, 4.69) is 5.32 Å². The average molecular weight is 647 g/mol. The summed E-state index contributed by atoms with van der Waals surface area (Å²) < 4.78 is 10.9. The van der Waals surface area contributed by atoms with Crippen molar-refractivity contribution in [1.82, 2.24) is 20.0 Å². The zero-order valence-corrected chi connectivity index (χ0v) is 30.2. The summed E-state index contributed by atoms with van der Waals surface area (Å²) in [7, 11) is 4.65. The van der Waals surface area contributed by atoms with E-state index in [0.717, 1.165) is 5.56 Å². The van der Waals surface area contributed by atoms with Gasteiger partial charge in [-0.2, -0.15) is 0 Å². The number of likely N-dealkylation sites (N-methyl/N-ethyl adjacent to an activating group) is 3. The number of esters is 1. The third-order valence-electron chi connectivity index (χ3n) is 7.56. The molecule has 4 atom stereocenters. The maximum atomic E-state index is 14.2. The lowest BCUT2D eigenvalue weighted by atomic mass is 9.96. The molecule has 1 N–H and O–H groups in total. The number of amides is 4. The van der Waals surface area contributed by atoms with Crippen molar-refractivity contribution in [3.8, 4) is 0 Å². The molecule has 0 heterocycles. The highest BCUT2D eigenvalue weighted by molar-refractivity contribution is 5.94. The molecule has 0 aliphatic rings. The van der Waals surface area contributed by atoms with E-state index in [1.165, 1.54) is 28.7 Å². The molecule has 1 aromatic rings. The molecular weight excluding hydrogens is 588 g/mol. The number of nitrogens with one attached hydrogen (secondary N) is 1. The van der Waals surface area contributed by atoms with Crippen LogP contribution in [-0.4, -0.2) is 95.4 Å². The van der Waals surface area contributed by atoms with Gasteiger partial charge in [0.1, 0.15) is 36.4 Å². The molecule has 260 valence electrons. The van der Waals surface area contributed by atoms with E-state index in [9.17, 15) is 24.0 Å². The van der Waals surface area contributed by atoms with Crippen LogP contribution < -0.4 is 5.32 Å². The van der Waals surface area contributed by atoms with Crippen molar-refractivity contribution >= 4 is 29.8 Å². The Morgan fingerprint density at radius 3 is 1.61 bits per heavy atom. The van der Waals surface area contributed by atoms with Crippen molar-refractivity contribution in [1.29, 1.82) is 0 Å². The van der Waals surface area contributed by atoms with Crippen LogP contribution in [0.5, 0.6) is 0 Å². The number of ether oxygens (including phenoxy) is 2. The van der Waals surface area contributed by atoms with Gasteiger partial charge in [-0.3, -0.25) is 14.4 Å². The maximum Gasteiger partial charge on any atom is 0.408 e. The molecule has 0 fully saturated rings. The number of alkyl carbamates (subject to hydrolysis) is 1. The minimum Gasteiger partial charge on any atom is -0.459 e. The monoisotopic (exact) mass is 646 g/mol. The second-order valence-electron chi connectivity index (χ2n) is 14.3. The number of nitrogens with zero attached hydrogens (tertiary/aromatic N) is 3. The van der Waals surface area contributed by atoms with E-state index in [1.807, 2.05) is 71.9 Å². The summed E-state index contributed by atoms with van der Waals surface area (Å²) in [5.74, 6) is -1.97. The topological polar surface area (TPSA) is 126 Å². The number of rotatable bonds is 15. The van der Waals surface area contributed by atoms with Crippen LogP contribution in [-0.2, 0) is 35.3 Å². The summed E-state index contributed by atoms with van der Waals surface area (Å²) in [6.07, 6.45) is -0.0558. The lowest BCUT2D eigenvalue weighted by molar-refractivity contribution is -0.160. The maximum absolute atomic E-state index is 14.2. The molecule has 4 amide bonds. The van der Waals surface area contributed by atoms with Crippen LogP contribution >= 0.6 is 0 Å². The molecule has 46 heavy (non-hydrogen) atoms.